The molecule has 0 heterocycles. The number of nitrogens with one attached hydrogen (secondary N) is 1. The molecule has 162 valence electrons. The minimum absolute atomic E-state index is 0.0264. The first-order valence-electron chi connectivity index (χ1n) is 9.83. The third kappa shape index (κ3) is 7.03. The summed E-state index contributed by atoms with van der Waals surface area (Å²) in [5.41, 5.74) is 6.37. The van der Waals surface area contributed by atoms with Gasteiger partial charge in [-0.1, -0.05) is 30.3 Å². The maximum Gasteiger partial charge on any atom is 0.328 e. The molecule has 2 aromatic rings. The molecule has 0 saturated carbocycles. The van der Waals surface area contributed by atoms with Gasteiger partial charge in [0.2, 0.25) is 0 Å². The molecular formula is C22H27BrN2O5. The molecule has 0 aliphatic carbocycles. The number of hydrogen-bond acceptors (Lipinski definition) is 6. The Labute approximate surface area is 184 Å². The molecule has 8 heteroatoms. The number of benzene rings is 2. The Morgan fingerprint density at radius 1 is 1.20 bits per heavy atom. The molecule has 4 N–H and O–H groups in total. The van der Waals surface area contributed by atoms with Crippen molar-refractivity contribution in [2.75, 3.05) is 19.8 Å². The van der Waals surface area contributed by atoms with Crippen molar-refractivity contribution < 1.29 is 24.2 Å². The average Bonchev–Trinajstić information content (AvgIpc) is 2.73. The van der Waals surface area contributed by atoms with Gasteiger partial charge in [0.25, 0.3) is 5.91 Å². The summed E-state index contributed by atoms with van der Waals surface area (Å²) in [5.74, 6) is -0.941. The van der Waals surface area contributed by atoms with Gasteiger partial charge in [0.15, 0.2) is 0 Å². The van der Waals surface area contributed by atoms with Crippen LogP contribution in [0.3, 0.4) is 0 Å². The van der Waals surface area contributed by atoms with Crippen LogP contribution in [0.1, 0.15) is 35.7 Å². The molecule has 0 aliphatic rings. The number of ether oxygens (including phenoxy) is 2. The van der Waals surface area contributed by atoms with Gasteiger partial charge in [-0.3, -0.25) is 4.79 Å². The maximum absolute atomic E-state index is 12.8. The highest BCUT2D eigenvalue weighted by molar-refractivity contribution is 9.10. The Bertz CT molecular complexity index is 845. The summed E-state index contributed by atoms with van der Waals surface area (Å²) in [7, 11) is 0. The van der Waals surface area contributed by atoms with Gasteiger partial charge in [-0.25, -0.2) is 4.79 Å². The Morgan fingerprint density at radius 3 is 2.60 bits per heavy atom. The summed E-state index contributed by atoms with van der Waals surface area (Å²) in [4.78, 5) is 25.1. The van der Waals surface area contributed by atoms with Crippen LogP contribution in [0.5, 0.6) is 11.5 Å². The van der Waals surface area contributed by atoms with Crippen molar-refractivity contribution in [1.29, 1.82) is 0 Å². The summed E-state index contributed by atoms with van der Waals surface area (Å²) in [5, 5.41) is 13.0. The highest BCUT2D eigenvalue weighted by atomic mass is 79.9. The second kappa shape index (κ2) is 12.2. The van der Waals surface area contributed by atoms with Gasteiger partial charge in [-0.2, -0.15) is 0 Å². The lowest BCUT2D eigenvalue weighted by atomic mass is 10.1. The standard InChI is InChI=1S/C22H27BrN2O5/c1-2-29-22(28)18(12-15-8-4-3-5-9-15)25-21(27)16-13-17(23)20(14-19(16)26)30-11-7-6-10-24/h3-5,8-9,13-14,18,26H,2,6-7,10-12,24H2,1H3,(H,25,27). The van der Waals surface area contributed by atoms with E-state index in [1.807, 2.05) is 30.3 Å². The molecule has 2 rings (SSSR count). The van der Waals surface area contributed by atoms with Gasteiger partial charge in [0.05, 0.1) is 23.2 Å². The predicted octanol–water partition coefficient (Wildman–Crippen LogP) is 3.18. The largest absolute Gasteiger partial charge is 0.507 e. The number of hydrogen-bond donors (Lipinski definition) is 3. The van der Waals surface area contributed by atoms with Crippen molar-refractivity contribution in [3.8, 4) is 11.5 Å². The van der Waals surface area contributed by atoms with Gasteiger partial charge < -0.3 is 25.6 Å². The number of unbranched alkanes of at least 4 members (excludes halogenated alkanes) is 1. The topological polar surface area (TPSA) is 111 Å². The quantitative estimate of drug-likeness (QED) is 0.337. The minimum Gasteiger partial charge on any atom is -0.507 e. The van der Waals surface area contributed by atoms with Gasteiger partial charge >= 0.3 is 5.97 Å². The van der Waals surface area contributed by atoms with E-state index in [4.69, 9.17) is 15.2 Å². The SMILES string of the molecule is CCOC(=O)C(Cc1ccccc1)NC(=O)c1cc(Br)c(OCCCCN)cc1O. The number of phenols is 1. The van der Waals surface area contributed by atoms with E-state index >= 15 is 0 Å². The van der Waals surface area contributed by atoms with E-state index in [-0.39, 0.29) is 24.3 Å². The molecule has 7 nitrogen and oxygen atoms in total. The highest BCUT2D eigenvalue weighted by Gasteiger charge is 2.25. The summed E-state index contributed by atoms with van der Waals surface area (Å²) in [6.07, 6.45) is 1.89. The van der Waals surface area contributed by atoms with Gasteiger partial charge in [-0.15, -0.1) is 0 Å². The molecule has 0 saturated heterocycles. The number of nitrogens with two attached hydrogens (primary N) is 1. The normalized spacial score (nSPS) is 11.6. The lowest BCUT2D eigenvalue weighted by Crippen LogP contribution is -2.43. The molecule has 30 heavy (non-hydrogen) atoms. The van der Waals surface area contributed by atoms with Crippen LogP contribution in [-0.4, -0.2) is 42.8 Å². The zero-order chi connectivity index (χ0) is 21.9. The fraction of sp³-hybridized carbons (Fsp3) is 0.364. The zero-order valence-electron chi connectivity index (χ0n) is 16.9. The Balaban J connectivity index is 2.13. The molecular weight excluding hydrogens is 452 g/mol. The lowest BCUT2D eigenvalue weighted by molar-refractivity contribution is -0.145. The number of esters is 1. The van der Waals surface area contributed by atoms with Crippen molar-refractivity contribution in [3.05, 3.63) is 58.1 Å². The van der Waals surface area contributed by atoms with Crippen molar-refractivity contribution in [3.63, 3.8) is 0 Å². The molecule has 0 aromatic heterocycles. The minimum atomic E-state index is -0.884. The van der Waals surface area contributed by atoms with Crippen molar-refractivity contribution in [2.45, 2.75) is 32.2 Å². The second-order valence-corrected chi connectivity index (χ2v) is 7.47. The fourth-order valence-electron chi connectivity index (χ4n) is 2.79. The van der Waals surface area contributed by atoms with E-state index in [0.717, 1.165) is 18.4 Å². The predicted molar refractivity (Wildman–Crippen MR) is 118 cm³/mol. The van der Waals surface area contributed by atoms with Crippen molar-refractivity contribution in [1.82, 2.24) is 5.32 Å². The first-order chi connectivity index (χ1) is 14.5. The number of carbonyl (C=O) groups excluding carboxylic acids is 2. The highest BCUT2D eigenvalue weighted by Crippen LogP contribution is 2.32. The smallest absolute Gasteiger partial charge is 0.328 e. The van der Waals surface area contributed by atoms with Crippen LogP contribution in [0.25, 0.3) is 0 Å². The molecule has 1 amide bonds. The fourth-order valence-corrected chi connectivity index (χ4v) is 3.24. The van der Waals surface area contributed by atoms with Gasteiger partial charge in [-0.05, 0) is 53.9 Å². The first-order valence-corrected chi connectivity index (χ1v) is 10.6. The van der Waals surface area contributed by atoms with Crippen LogP contribution < -0.4 is 15.8 Å². The van der Waals surface area contributed by atoms with E-state index in [0.29, 0.717) is 23.4 Å². The molecule has 0 radical (unpaired) electrons. The Morgan fingerprint density at radius 2 is 1.93 bits per heavy atom. The first kappa shape index (κ1) is 23.7. The number of amides is 1. The summed E-state index contributed by atoms with van der Waals surface area (Å²) >= 11 is 3.36. The summed E-state index contributed by atoms with van der Waals surface area (Å²) < 4.78 is 11.2. The number of halogens is 1. The summed E-state index contributed by atoms with van der Waals surface area (Å²) in [6.45, 7) is 2.93. The number of aromatic hydroxyl groups is 1. The molecule has 0 bridgehead atoms. The van der Waals surface area contributed by atoms with E-state index in [9.17, 15) is 14.7 Å². The van der Waals surface area contributed by atoms with Crippen LogP contribution >= 0.6 is 15.9 Å². The second-order valence-electron chi connectivity index (χ2n) is 6.61. The maximum atomic E-state index is 12.8. The molecule has 0 fully saturated rings. The van der Waals surface area contributed by atoms with Crippen LogP contribution in [0, 0.1) is 0 Å². The van der Waals surface area contributed by atoms with Crippen molar-refractivity contribution in [2.24, 2.45) is 5.73 Å². The van der Waals surface area contributed by atoms with Crippen LogP contribution in [0.2, 0.25) is 0 Å². The van der Waals surface area contributed by atoms with E-state index < -0.39 is 17.9 Å². The van der Waals surface area contributed by atoms with Crippen LogP contribution in [-0.2, 0) is 16.0 Å². The van der Waals surface area contributed by atoms with E-state index in [1.54, 1.807) is 6.92 Å². The van der Waals surface area contributed by atoms with E-state index in [1.165, 1.54) is 12.1 Å². The van der Waals surface area contributed by atoms with Gasteiger partial charge in [0, 0.05) is 12.5 Å². The molecule has 1 unspecified atom stereocenters. The Hall–Kier alpha value is -2.58. The average molecular weight is 479 g/mol. The van der Waals surface area contributed by atoms with E-state index in [2.05, 4.69) is 21.2 Å². The third-order valence-electron chi connectivity index (χ3n) is 4.31. The molecule has 1 atom stereocenters. The van der Waals surface area contributed by atoms with Gasteiger partial charge in [0.1, 0.15) is 17.5 Å². The lowest BCUT2D eigenvalue weighted by Gasteiger charge is -2.18. The zero-order valence-corrected chi connectivity index (χ0v) is 18.5. The molecule has 0 aliphatic heterocycles. The molecule has 2 aromatic carbocycles. The van der Waals surface area contributed by atoms with Crippen LogP contribution in [0.15, 0.2) is 46.9 Å². The number of phenolic OH excluding ortho intramolecular Hbond substituents is 1. The summed E-state index contributed by atoms with van der Waals surface area (Å²) in [6, 6.07) is 11.3. The monoisotopic (exact) mass is 478 g/mol. The van der Waals surface area contributed by atoms with Crippen LogP contribution in [0.4, 0.5) is 0 Å². The number of carbonyl (C=O) groups is 2. The Kier molecular flexibility index (Phi) is 9.63. The molecule has 0 spiro atoms. The van der Waals surface area contributed by atoms with Crippen molar-refractivity contribution >= 4 is 27.8 Å². The number of rotatable bonds is 11. The third-order valence-corrected chi connectivity index (χ3v) is 4.93.